The summed E-state index contributed by atoms with van der Waals surface area (Å²) in [5.74, 6) is 0.746. The van der Waals surface area contributed by atoms with Gasteiger partial charge in [-0.1, -0.05) is 12.8 Å². The lowest BCUT2D eigenvalue weighted by atomic mass is 9.99. The van der Waals surface area contributed by atoms with Gasteiger partial charge in [0, 0.05) is 24.8 Å². The van der Waals surface area contributed by atoms with Crippen molar-refractivity contribution in [1.29, 1.82) is 0 Å². The van der Waals surface area contributed by atoms with Crippen molar-refractivity contribution >= 4 is 6.03 Å². The summed E-state index contributed by atoms with van der Waals surface area (Å²) in [6, 6.07) is -0.189. The second kappa shape index (κ2) is 7.25. The Bertz CT molecular complexity index is 716. The van der Waals surface area contributed by atoms with Crippen molar-refractivity contribution in [1.82, 2.24) is 35.2 Å². The fraction of sp³-hybridized carbons (Fsp3) is 0.647. The van der Waals surface area contributed by atoms with Gasteiger partial charge in [-0.25, -0.2) is 4.79 Å². The maximum Gasteiger partial charge on any atom is 0.318 e. The molecular weight excluding hydrogens is 318 g/mol. The molecule has 1 aliphatic heterocycles. The molecule has 2 aromatic rings. The standard InChI is InChI=1S/C17H27N7O/c1-11-15(12(2)21-20-11)14-8-6-5-7-9-24(14)17(25)19-13(3)16-22-18-10-23(16)4/h10,13-14H,5-9H2,1-4H3,(H,19,25)(H,20,21)/t13-,14-/m0/s1. The maximum absolute atomic E-state index is 13.0. The van der Waals surface area contributed by atoms with Crippen LogP contribution in [0.3, 0.4) is 0 Å². The van der Waals surface area contributed by atoms with Crippen LogP contribution in [-0.2, 0) is 7.05 Å². The quantitative estimate of drug-likeness (QED) is 0.894. The molecule has 2 aromatic heterocycles. The molecule has 136 valence electrons. The fourth-order valence-electron chi connectivity index (χ4n) is 3.72. The van der Waals surface area contributed by atoms with Crippen LogP contribution < -0.4 is 5.32 Å². The molecule has 3 heterocycles. The summed E-state index contributed by atoms with van der Waals surface area (Å²) >= 11 is 0. The van der Waals surface area contributed by atoms with E-state index in [0.29, 0.717) is 0 Å². The molecule has 0 bridgehead atoms. The van der Waals surface area contributed by atoms with E-state index in [4.69, 9.17) is 0 Å². The average molecular weight is 345 g/mol. The molecule has 2 N–H and O–H groups in total. The Morgan fingerprint density at radius 3 is 2.80 bits per heavy atom. The SMILES string of the molecule is Cc1n[nH]c(C)c1[C@@H]1CCCCCN1C(=O)N[C@@H](C)c1nncn1C. The number of aromatic nitrogens is 5. The third-order valence-electron chi connectivity index (χ3n) is 5.01. The number of urea groups is 1. The molecule has 0 aromatic carbocycles. The number of aryl methyl sites for hydroxylation is 3. The number of carbonyl (C=O) groups is 1. The van der Waals surface area contributed by atoms with E-state index in [-0.39, 0.29) is 18.1 Å². The van der Waals surface area contributed by atoms with Crippen molar-refractivity contribution in [3.63, 3.8) is 0 Å². The highest BCUT2D eigenvalue weighted by Crippen LogP contribution is 2.33. The number of likely N-dealkylation sites (tertiary alicyclic amines) is 1. The van der Waals surface area contributed by atoms with E-state index in [9.17, 15) is 4.79 Å². The Morgan fingerprint density at radius 1 is 1.36 bits per heavy atom. The minimum atomic E-state index is -0.199. The van der Waals surface area contributed by atoms with Gasteiger partial charge in [-0.3, -0.25) is 5.10 Å². The van der Waals surface area contributed by atoms with Crippen molar-refractivity contribution in [2.45, 2.75) is 58.5 Å². The number of carbonyl (C=O) groups excluding carboxylic acids is 1. The molecule has 1 fully saturated rings. The zero-order valence-electron chi connectivity index (χ0n) is 15.4. The van der Waals surface area contributed by atoms with E-state index < -0.39 is 0 Å². The lowest BCUT2D eigenvalue weighted by Gasteiger charge is -2.31. The Hall–Kier alpha value is -2.38. The average Bonchev–Trinajstić information content (AvgIpc) is 3.04. The molecule has 8 nitrogen and oxygen atoms in total. The van der Waals surface area contributed by atoms with Gasteiger partial charge in [0.2, 0.25) is 0 Å². The Balaban J connectivity index is 1.81. The highest BCUT2D eigenvalue weighted by Gasteiger charge is 2.31. The van der Waals surface area contributed by atoms with Gasteiger partial charge < -0.3 is 14.8 Å². The lowest BCUT2D eigenvalue weighted by Crippen LogP contribution is -2.43. The van der Waals surface area contributed by atoms with Crippen LogP contribution in [0.4, 0.5) is 4.79 Å². The molecule has 3 rings (SSSR count). The fourth-order valence-corrected chi connectivity index (χ4v) is 3.72. The minimum absolute atomic E-state index is 0.0533. The van der Waals surface area contributed by atoms with E-state index in [1.807, 2.05) is 37.3 Å². The number of H-pyrrole nitrogens is 1. The molecule has 0 radical (unpaired) electrons. The molecule has 0 spiro atoms. The first-order valence-corrected chi connectivity index (χ1v) is 8.91. The monoisotopic (exact) mass is 345 g/mol. The van der Waals surface area contributed by atoms with Crippen LogP contribution >= 0.6 is 0 Å². The van der Waals surface area contributed by atoms with E-state index in [1.54, 1.807) is 6.33 Å². The maximum atomic E-state index is 13.0. The van der Waals surface area contributed by atoms with E-state index in [0.717, 1.165) is 55.0 Å². The van der Waals surface area contributed by atoms with Crippen molar-refractivity contribution in [3.8, 4) is 0 Å². The smallest absolute Gasteiger partial charge is 0.318 e. The molecule has 2 atom stereocenters. The van der Waals surface area contributed by atoms with Crippen LogP contribution in [0.15, 0.2) is 6.33 Å². The Morgan fingerprint density at radius 2 is 2.16 bits per heavy atom. The number of rotatable bonds is 3. The van der Waals surface area contributed by atoms with Gasteiger partial charge in [0.1, 0.15) is 6.33 Å². The highest BCUT2D eigenvalue weighted by atomic mass is 16.2. The van der Waals surface area contributed by atoms with Crippen LogP contribution in [-0.4, -0.2) is 42.4 Å². The second-order valence-corrected chi connectivity index (χ2v) is 6.88. The summed E-state index contributed by atoms with van der Waals surface area (Å²) in [4.78, 5) is 15.0. The minimum Gasteiger partial charge on any atom is -0.328 e. The van der Waals surface area contributed by atoms with Gasteiger partial charge in [0.25, 0.3) is 0 Å². The van der Waals surface area contributed by atoms with Gasteiger partial charge in [-0.05, 0) is 33.6 Å². The summed E-state index contributed by atoms with van der Waals surface area (Å²) in [5, 5.41) is 18.4. The topological polar surface area (TPSA) is 91.7 Å². The number of hydrogen-bond donors (Lipinski definition) is 2. The third-order valence-corrected chi connectivity index (χ3v) is 5.01. The van der Waals surface area contributed by atoms with E-state index in [2.05, 4.69) is 25.7 Å². The van der Waals surface area contributed by atoms with Crippen molar-refractivity contribution in [3.05, 3.63) is 29.1 Å². The molecule has 1 saturated heterocycles. The van der Waals surface area contributed by atoms with Crippen LogP contribution in [0.5, 0.6) is 0 Å². The van der Waals surface area contributed by atoms with Crippen LogP contribution in [0.2, 0.25) is 0 Å². The van der Waals surface area contributed by atoms with E-state index in [1.165, 1.54) is 0 Å². The molecule has 2 amide bonds. The summed E-state index contributed by atoms with van der Waals surface area (Å²) in [6.07, 6.45) is 5.91. The molecule has 0 aliphatic carbocycles. The zero-order valence-corrected chi connectivity index (χ0v) is 15.4. The first-order valence-electron chi connectivity index (χ1n) is 8.91. The summed E-state index contributed by atoms with van der Waals surface area (Å²) < 4.78 is 1.83. The Labute approximate surface area is 148 Å². The van der Waals surface area contributed by atoms with Crippen LogP contribution in [0, 0.1) is 13.8 Å². The Kier molecular flexibility index (Phi) is 5.06. The van der Waals surface area contributed by atoms with Crippen molar-refractivity contribution < 1.29 is 4.79 Å². The van der Waals surface area contributed by atoms with Crippen molar-refractivity contribution in [2.75, 3.05) is 6.54 Å². The molecule has 8 heteroatoms. The molecule has 25 heavy (non-hydrogen) atoms. The summed E-state index contributed by atoms with van der Waals surface area (Å²) in [7, 11) is 1.88. The predicted molar refractivity (Wildman–Crippen MR) is 93.9 cm³/mol. The van der Waals surface area contributed by atoms with Crippen LogP contribution in [0.1, 0.15) is 67.5 Å². The number of aromatic amines is 1. The number of nitrogens with one attached hydrogen (secondary N) is 2. The van der Waals surface area contributed by atoms with E-state index >= 15 is 0 Å². The first-order chi connectivity index (χ1) is 12.0. The van der Waals surface area contributed by atoms with Gasteiger partial charge in [0.05, 0.1) is 17.8 Å². The molecule has 0 saturated carbocycles. The molecule has 0 unspecified atom stereocenters. The predicted octanol–water partition coefficient (Wildman–Crippen LogP) is 2.54. The molecular formula is C17H27N7O. The second-order valence-electron chi connectivity index (χ2n) is 6.88. The van der Waals surface area contributed by atoms with Gasteiger partial charge in [-0.15, -0.1) is 10.2 Å². The number of nitrogens with zero attached hydrogens (tertiary/aromatic N) is 5. The van der Waals surface area contributed by atoms with Crippen molar-refractivity contribution in [2.24, 2.45) is 7.05 Å². The summed E-state index contributed by atoms with van der Waals surface area (Å²) in [5.41, 5.74) is 3.18. The zero-order chi connectivity index (χ0) is 18.0. The normalized spacial score (nSPS) is 19.5. The van der Waals surface area contributed by atoms with Gasteiger partial charge in [0.15, 0.2) is 5.82 Å². The van der Waals surface area contributed by atoms with Gasteiger partial charge >= 0.3 is 6.03 Å². The number of hydrogen-bond acceptors (Lipinski definition) is 4. The summed E-state index contributed by atoms with van der Waals surface area (Å²) in [6.45, 7) is 6.72. The molecule has 1 aliphatic rings. The van der Waals surface area contributed by atoms with Gasteiger partial charge in [-0.2, -0.15) is 5.10 Å². The number of amides is 2. The largest absolute Gasteiger partial charge is 0.328 e. The third kappa shape index (κ3) is 3.52. The highest BCUT2D eigenvalue weighted by molar-refractivity contribution is 5.75. The lowest BCUT2D eigenvalue weighted by molar-refractivity contribution is 0.172. The first kappa shape index (κ1) is 17.4. The van der Waals surface area contributed by atoms with Crippen LogP contribution in [0.25, 0.3) is 0 Å².